The standard InChI is InChI=1S/C13H15F3N2O/c14-13(15,16)11(19)18-9-12(6-2-3-7-12)10-5-1-4-8-17-10/h1,4-5,8H,2-3,6-7,9H2,(H,18,19). The summed E-state index contributed by atoms with van der Waals surface area (Å²) in [6.07, 6.45) is 0.187. The Morgan fingerprint density at radius 1 is 1.32 bits per heavy atom. The first-order chi connectivity index (χ1) is 8.94. The normalized spacial score (nSPS) is 18.3. The largest absolute Gasteiger partial charge is 0.471 e. The van der Waals surface area contributed by atoms with E-state index in [9.17, 15) is 18.0 Å². The van der Waals surface area contributed by atoms with Crippen molar-refractivity contribution in [1.29, 1.82) is 0 Å². The van der Waals surface area contributed by atoms with E-state index in [2.05, 4.69) is 4.98 Å². The number of aromatic nitrogens is 1. The van der Waals surface area contributed by atoms with Crippen LogP contribution in [0.3, 0.4) is 0 Å². The number of pyridine rings is 1. The molecule has 1 fully saturated rings. The molecule has 3 nitrogen and oxygen atoms in total. The van der Waals surface area contributed by atoms with Gasteiger partial charge in [0.25, 0.3) is 0 Å². The molecule has 0 bridgehead atoms. The summed E-state index contributed by atoms with van der Waals surface area (Å²) in [7, 11) is 0. The molecule has 0 saturated heterocycles. The molecule has 0 aliphatic heterocycles. The maximum Gasteiger partial charge on any atom is 0.471 e. The smallest absolute Gasteiger partial charge is 0.347 e. The summed E-state index contributed by atoms with van der Waals surface area (Å²) in [5, 5.41) is 2.00. The molecule has 1 aromatic rings. The maximum atomic E-state index is 12.2. The molecule has 1 aliphatic rings. The van der Waals surface area contributed by atoms with Gasteiger partial charge >= 0.3 is 12.1 Å². The molecule has 0 atom stereocenters. The lowest BCUT2D eigenvalue weighted by Gasteiger charge is -2.28. The van der Waals surface area contributed by atoms with Crippen molar-refractivity contribution in [2.75, 3.05) is 6.54 Å². The molecule has 2 rings (SSSR count). The van der Waals surface area contributed by atoms with Crippen molar-refractivity contribution in [1.82, 2.24) is 10.3 Å². The Hall–Kier alpha value is -1.59. The van der Waals surface area contributed by atoms with Gasteiger partial charge in [-0.25, -0.2) is 0 Å². The molecule has 0 radical (unpaired) electrons. The second-order valence-corrected chi connectivity index (χ2v) is 4.88. The third kappa shape index (κ3) is 3.05. The van der Waals surface area contributed by atoms with E-state index in [1.54, 1.807) is 12.3 Å². The van der Waals surface area contributed by atoms with Crippen molar-refractivity contribution in [2.45, 2.75) is 37.3 Å². The van der Waals surface area contributed by atoms with E-state index in [4.69, 9.17) is 0 Å². The van der Waals surface area contributed by atoms with Crippen LogP contribution in [0.1, 0.15) is 31.4 Å². The monoisotopic (exact) mass is 272 g/mol. The Kier molecular flexibility index (Phi) is 3.78. The van der Waals surface area contributed by atoms with Crippen LogP contribution in [0.5, 0.6) is 0 Å². The van der Waals surface area contributed by atoms with Crippen molar-refractivity contribution in [2.24, 2.45) is 0 Å². The third-order valence-corrected chi connectivity index (χ3v) is 3.61. The van der Waals surface area contributed by atoms with Crippen LogP contribution in [0.15, 0.2) is 24.4 Å². The van der Waals surface area contributed by atoms with Crippen LogP contribution in [0, 0.1) is 0 Å². The number of hydrogen-bond donors (Lipinski definition) is 1. The highest BCUT2D eigenvalue weighted by Crippen LogP contribution is 2.39. The highest BCUT2D eigenvalue weighted by atomic mass is 19.4. The SMILES string of the molecule is O=C(NCC1(c2ccccn2)CCCC1)C(F)(F)F. The minimum Gasteiger partial charge on any atom is -0.347 e. The second kappa shape index (κ2) is 5.19. The van der Waals surface area contributed by atoms with Crippen LogP contribution in [0.2, 0.25) is 0 Å². The summed E-state index contributed by atoms with van der Waals surface area (Å²) in [5.74, 6) is -1.88. The number of carbonyl (C=O) groups excluding carboxylic acids is 1. The van der Waals surface area contributed by atoms with Gasteiger partial charge in [0, 0.05) is 23.9 Å². The zero-order valence-corrected chi connectivity index (χ0v) is 10.3. The molecule has 1 aliphatic carbocycles. The lowest BCUT2D eigenvalue weighted by molar-refractivity contribution is -0.173. The number of hydrogen-bond acceptors (Lipinski definition) is 2. The molecule has 19 heavy (non-hydrogen) atoms. The van der Waals surface area contributed by atoms with E-state index >= 15 is 0 Å². The molecular formula is C13H15F3N2O. The Balaban J connectivity index is 2.12. The predicted molar refractivity (Wildman–Crippen MR) is 63.4 cm³/mol. The first kappa shape index (κ1) is 13.8. The zero-order chi connectivity index (χ0) is 13.9. The molecule has 1 aromatic heterocycles. The lowest BCUT2D eigenvalue weighted by atomic mass is 9.82. The molecule has 1 amide bonds. The van der Waals surface area contributed by atoms with Crippen LogP contribution < -0.4 is 5.32 Å². The number of amides is 1. The van der Waals surface area contributed by atoms with Gasteiger partial charge in [0.1, 0.15) is 0 Å². The van der Waals surface area contributed by atoms with Gasteiger partial charge < -0.3 is 5.32 Å². The van der Waals surface area contributed by atoms with Gasteiger partial charge in [0.2, 0.25) is 0 Å². The summed E-state index contributed by atoms with van der Waals surface area (Å²) in [4.78, 5) is 15.2. The van der Waals surface area contributed by atoms with E-state index in [-0.39, 0.29) is 6.54 Å². The van der Waals surface area contributed by atoms with Crippen molar-refractivity contribution < 1.29 is 18.0 Å². The highest BCUT2D eigenvalue weighted by Gasteiger charge is 2.42. The van der Waals surface area contributed by atoms with Crippen molar-refractivity contribution in [3.8, 4) is 0 Å². The first-order valence-electron chi connectivity index (χ1n) is 6.21. The Morgan fingerprint density at radius 3 is 2.53 bits per heavy atom. The van der Waals surface area contributed by atoms with E-state index in [0.29, 0.717) is 0 Å². The van der Waals surface area contributed by atoms with Gasteiger partial charge in [-0.2, -0.15) is 13.2 Å². The minimum absolute atomic E-state index is 0.0116. The fourth-order valence-corrected chi connectivity index (χ4v) is 2.60. The van der Waals surface area contributed by atoms with Gasteiger partial charge in [-0.05, 0) is 25.0 Å². The van der Waals surface area contributed by atoms with Gasteiger partial charge in [-0.3, -0.25) is 9.78 Å². The van der Waals surface area contributed by atoms with E-state index in [0.717, 1.165) is 31.4 Å². The fourth-order valence-electron chi connectivity index (χ4n) is 2.60. The van der Waals surface area contributed by atoms with E-state index in [1.807, 2.05) is 17.4 Å². The molecule has 0 aromatic carbocycles. The molecule has 1 N–H and O–H groups in total. The lowest BCUT2D eigenvalue weighted by Crippen LogP contribution is -2.44. The number of nitrogens with zero attached hydrogens (tertiary/aromatic N) is 1. The van der Waals surface area contributed by atoms with Crippen molar-refractivity contribution >= 4 is 5.91 Å². The number of alkyl halides is 3. The van der Waals surface area contributed by atoms with Gasteiger partial charge in [0.05, 0.1) is 0 Å². The predicted octanol–water partition coefficient (Wildman–Crippen LogP) is 2.57. The minimum atomic E-state index is -4.83. The average Bonchev–Trinajstić information content (AvgIpc) is 2.86. The number of carbonyl (C=O) groups is 1. The van der Waals surface area contributed by atoms with Gasteiger partial charge in [0.15, 0.2) is 0 Å². The van der Waals surface area contributed by atoms with Gasteiger partial charge in [-0.1, -0.05) is 18.9 Å². The fraction of sp³-hybridized carbons (Fsp3) is 0.538. The van der Waals surface area contributed by atoms with Crippen molar-refractivity contribution in [3.63, 3.8) is 0 Å². The summed E-state index contributed by atoms with van der Waals surface area (Å²) in [5.41, 5.74) is 0.303. The van der Waals surface area contributed by atoms with E-state index in [1.165, 1.54) is 0 Å². The molecule has 104 valence electrons. The molecular weight excluding hydrogens is 257 g/mol. The summed E-state index contributed by atoms with van der Waals surface area (Å²) in [6.45, 7) is -0.0116. The third-order valence-electron chi connectivity index (χ3n) is 3.61. The quantitative estimate of drug-likeness (QED) is 0.919. The topological polar surface area (TPSA) is 42.0 Å². The van der Waals surface area contributed by atoms with Crippen LogP contribution in [0.4, 0.5) is 13.2 Å². The van der Waals surface area contributed by atoms with Crippen molar-refractivity contribution in [3.05, 3.63) is 30.1 Å². The van der Waals surface area contributed by atoms with Crippen LogP contribution >= 0.6 is 0 Å². The Bertz CT molecular complexity index is 439. The molecule has 0 spiro atoms. The van der Waals surface area contributed by atoms with Crippen LogP contribution in [-0.2, 0) is 10.2 Å². The average molecular weight is 272 g/mol. The van der Waals surface area contributed by atoms with Crippen LogP contribution in [-0.4, -0.2) is 23.6 Å². The summed E-state index contributed by atoms with van der Waals surface area (Å²) >= 11 is 0. The number of nitrogens with one attached hydrogen (secondary N) is 1. The Morgan fingerprint density at radius 2 is 2.00 bits per heavy atom. The Labute approximate surface area is 109 Å². The van der Waals surface area contributed by atoms with E-state index < -0.39 is 17.5 Å². The zero-order valence-electron chi connectivity index (χ0n) is 10.3. The van der Waals surface area contributed by atoms with Crippen LogP contribution in [0.25, 0.3) is 0 Å². The highest BCUT2D eigenvalue weighted by molar-refractivity contribution is 5.81. The number of rotatable bonds is 3. The summed E-state index contributed by atoms with van der Waals surface area (Å²) in [6, 6.07) is 5.39. The summed E-state index contributed by atoms with van der Waals surface area (Å²) < 4.78 is 36.7. The maximum absolute atomic E-state index is 12.2. The first-order valence-corrected chi connectivity index (χ1v) is 6.21. The number of halogens is 3. The van der Waals surface area contributed by atoms with Gasteiger partial charge in [-0.15, -0.1) is 0 Å². The second-order valence-electron chi connectivity index (χ2n) is 4.88. The molecule has 0 unspecified atom stereocenters. The molecule has 1 heterocycles. The molecule has 6 heteroatoms. The molecule has 1 saturated carbocycles.